The third kappa shape index (κ3) is 3.99. The fourth-order valence-corrected chi connectivity index (χ4v) is 3.15. The summed E-state index contributed by atoms with van der Waals surface area (Å²) in [6.45, 7) is 8.60. The maximum Gasteiger partial charge on any atom is 0.122 e. The van der Waals surface area contributed by atoms with Crippen molar-refractivity contribution in [1.29, 1.82) is 0 Å². The van der Waals surface area contributed by atoms with E-state index in [0.717, 1.165) is 30.1 Å². The number of aryl methyl sites for hydroxylation is 1. The van der Waals surface area contributed by atoms with Crippen molar-refractivity contribution < 1.29 is 5.11 Å². The molecule has 0 radical (unpaired) electrons. The summed E-state index contributed by atoms with van der Waals surface area (Å²) < 4.78 is 0. The normalized spacial score (nSPS) is 16.4. The molecule has 0 atom stereocenters. The standard InChI is InChI=1S/C18H29NO/c1-14(2)11-12-19(17-9-4-5-10-17)13-16-8-6-7-15(3)18(16)20/h6-8,14,17,20H,4-5,9-13H2,1-3H3. The molecule has 2 heteroatoms. The van der Waals surface area contributed by atoms with E-state index in [9.17, 15) is 5.11 Å². The number of rotatable bonds is 6. The van der Waals surface area contributed by atoms with Gasteiger partial charge in [-0.15, -0.1) is 0 Å². The maximum absolute atomic E-state index is 10.2. The van der Waals surface area contributed by atoms with Gasteiger partial charge in [-0.1, -0.05) is 44.9 Å². The van der Waals surface area contributed by atoms with Gasteiger partial charge >= 0.3 is 0 Å². The average molecular weight is 275 g/mol. The lowest BCUT2D eigenvalue weighted by Gasteiger charge is -2.30. The molecule has 0 spiro atoms. The number of benzene rings is 1. The largest absolute Gasteiger partial charge is 0.507 e. The Labute approximate surface area is 123 Å². The van der Waals surface area contributed by atoms with Crippen LogP contribution in [0.3, 0.4) is 0 Å². The van der Waals surface area contributed by atoms with Gasteiger partial charge in [0.05, 0.1) is 0 Å². The van der Waals surface area contributed by atoms with Gasteiger partial charge in [0.1, 0.15) is 5.75 Å². The lowest BCUT2D eigenvalue weighted by Crippen LogP contribution is -2.34. The summed E-state index contributed by atoms with van der Waals surface area (Å²) in [7, 11) is 0. The first-order valence-electron chi connectivity index (χ1n) is 8.09. The number of nitrogens with zero attached hydrogens (tertiary/aromatic N) is 1. The molecule has 0 unspecified atom stereocenters. The smallest absolute Gasteiger partial charge is 0.122 e. The SMILES string of the molecule is Cc1cccc(CN(CCC(C)C)C2CCCC2)c1O. The summed E-state index contributed by atoms with van der Waals surface area (Å²) in [5.41, 5.74) is 2.07. The minimum atomic E-state index is 0.486. The average Bonchev–Trinajstić information content (AvgIpc) is 2.93. The first-order valence-corrected chi connectivity index (χ1v) is 8.09. The first-order chi connectivity index (χ1) is 9.58. The van der Waals surface area contributed by atoms with E-state index in [1.54, 1.807) is 0 Å². The van der Waals surface area contributed by atoms with Crippen LogP contribution in [0.25, 0.3) is 0 Å². The van der Waals surface area contributed by atoms with Gasteiger partial charge in [0, 0.05) is 18.2 Å². The van der Waals surface area contributed by atoms with Crippen LogP contribution < -0.4 is 0 Å². The molecule has 1 fully saturated rings. The lowest BCUT2D eigenvalue weighted by molar-refractivity contribution is 0.178. The molecule has 0 heterocycles. The van der Waals surface area contributed by atoms with Gasteiger partial charge in [0.25, 0.3) is 0 Å². The van der Waals surface area contributed by atoms with Crippen molar-refractivity contribution in [3.63, 3.8) is 0 Å². The quantitative estimate of drug-likeness (QED) is 0.826. The van der Waals surface area contributed by atoms with Crippen molar-refractivity contribution in [1.82, 2.24) is 4.90 Å². The molecule has 0 aromatic heterocycles. The molecule has 1 saturated carbocycles. The zero-order valence-corrected chi connectivity index (χ0v) is 13.2. The molecular formula is C18H29NO. The summed E-state index contributed by atoms with van der Waals surface area (Å²) in [4.78, 5) is 2.60. The zero-order chi connectivity index (χ0) is 14.5. The van der Waals surface area contributed by atoms with E-state index in [1.165, 1.54) is 32.1 Å². The molecule has 1 aromatic rings. The van der Waals surface area contributed by atoms with Crippen LogP contribution in [0.5, 0.6) is 5.75 Å². The highest BCUT2D eigenvalue weighted by Crippen LogP contribution is 2.29. The van der Waals surface area contributed by atoms with Crippen molar-refractivity contribution in [3.8, 4) is 5.75 Å². The molecule has 2 nitrogen and oxygen atoms in total. The van der Waals surface area contributed by atoms with Crippen LogP contribution in [0.4, 0.5) is 0 Å². The summed E-state index contributed by atoms with van der Waals surface area (Å²) in [6.07, 6.45) is 6.61. The van der Waals surface area contributed by atoms with Gasteiger partial charge < -0.3 is 5.11 Å². The molecule has 1 N–H and O–H groups in total. The molecule has 20 heavy (non-hydrogen) atoms. The van der Waals surface area contributed by atoms with Gasteiger partial charge in [-0.05, 0) is 44.2 Å². The van der Waals surface area contributed by atoms with Crippen LogP contribution in [0.15, 0.2) is 18.2 Å². The van der Waals surface area contributed by atoms with E-state index in [1.807, 2.05) is 13.0 Å². The fourth-order valence-electron chi connectivity index (χ4n) is 3.15. The Kier molecular flexibility index (Phi) is 5.47. The number of hydrogen-bond donors (Lipinski definition) is 1. The molecule has 0 aliphatic heterocycles. The predicted octanol–water partition coefficient (Wildman–Crippen LogP) is 4.49. The highest BCUT2D eigenvalue weighted by Gasteiger charge is 2.23. The maximum atomic E-state index is 10.2. The van der Waals surface area contributed by atoms with E-state index >= 15 is 0 Å². The predicted molar refractivity (Wildman–Crippen MR) is 85.0 cm³/mol. The van der Waals surface area contributed by atoms with E-state index in [-0.39, 0.29) is 0 Å². The third-order valence-electron chi connectivity index (χ3n) is 4.53. The number of phenols is 1. The molecule has 0 amide bonds. The summed E-state index contributed by atoms with van der Waals surface area (Å²) in [5, 5.41) is 10.2. The summed E-state index contributed by atoms with van der Waals surface area (Å²) in [6, 6.07) is 6.82. The molecule has 2 rings (SSSR count). The number of phenolic OH excluding ortho intramolecular Hbond substituents is 1. The van der Waals surface area contributed by atoms with Crippen LogP contribution in [-0.2, 0) is 6.54 Å². The van der Waals surface area contributed by atoms with Crippen molar-refractivity contribution in [2.45, 2.75) is 65.5 Å². The number of para-hydroxylation sites is 1. The molecule has 1 aliphatic rings. The molecule has 0 bridgehead atoms. The van der Waals surface area contributed by atoms with E-state index in [4.69, 9.17) is 0 Å². The number of hydrogen-bond acceptors (Lipinski definition) is 2. The Morgan fingerprint density at radius 3 is 2.60 bits per heavy atom. The Hall–Kier alpha value is -1.02. The zero-order valence-electron chi connectivity index (χ0n) is 13.2. The van der Waals surface area contributed by atoms with Crippen LogP contribution >= 0.6 is 0 Å². The second kappa shape index (κ2) is 7.12. The van der Waals surface area contributed by atoms with Crippen LogP contribution in [0.2, 0.25) is 0 Å². The Bertz CT molecular complexity index is 421. The molecule has 1 aliphatic carbocycles. The Morgan fingerprint density at radius 2 is 1.95 bits per heavy atom. The second-order valence-corrected chi connectivity index (χ2v) is 6.67. The van der Waals surface area contributed by atoms with Crippen LogP contribution in [0, 0.1) is 12.8 Å². The van der Waals surface area contributed by atoms with Crippen LogP contribution in [-0.4, -0.2) is 22.6 Å². The minimum absolute atomic E-state index is 0.486. The highest BCUT2D eigenvalue weighted by atomic mass is 16.3. The minimum Gasteiger partial charge on any atom is -0.507 e. The summed E-state index contributed by atoms with van der Waals surface area (Å²) in [5.74, 6) is 1.23. The van der Waals surface area contributed by atoms with Gasteiger partial charge in [-0.25, -0.2) is 0 Å². The van der Waals surface area contributed by atoms with Crippen molar-refractivity contribution >= 4 is 0 Å². The molecule has 0 saturated heterocycles. The Morgan fingerprint density at radius 1 is 1.25 bits per heavy atom. The Balaban J connectivity index is 2.07. The third-order valence-corrected chi connectivity index (χ3v) is 4.53. The van der Waals surface area contributed by atoms with Crippen molar-refractivity contribution in [3.05, 3.63) is 29.3 Å². The lowest BCUT2D eigenvalue weighted by atomic mass is 10.1. The fraction of sp³-hybridized carbons (Fsp3) is 0.667. The van der Waals surface area contributed by atoms with E-state index in [2.05, 4.69) is 30.9 Å². The topological polar surface area (TPSA) is 23.5 Å². The van der Waals surface area contributed by atoms with E-state index < -0.39 is 0 Å². The first kappa shape index (κ1) is 15.4. The second-order valence-electron chi connectivity index (χ2n) is 6.67. The van der Waals surface area contributed by atoms with Gasteiger partial charge in [-0.3, -0.25) is 4.90 Å². The number of aromatic hydroxyl groups is 1. The molecule has 112 valence electrons. The van der Waals surface area contributed by atoms with Gasteiger partial charge in [0.15, 0.2) is 0 Å². The van der Waals surface area contributed by atoms with Gasteiger partial charge in [-0.2, -0.15) is 0 Å². The van der Waals surface area contributed by atoms with Crippen molar-refractivity contribution in [2.75, 3.05) is 6.54 Å². The molecular weight excluding hydrogens is 246 g/mol. The summed E-state index contributed by atoms with van der Waals surface area (Å²) >= 11 is 0. The van der Waals surface area contributed by atoms with Gasteiger partial charge in [0.2, 0.25) is 0 Å². The van der Waals surface area contributed by atoms with Crippen molar-refractivity contribution in [2.24, 2.45) is 5.92 Å². The highest BCUT2D eigenvalue weighted by molar-refractivity contribution is 5.39. The monoisotopic (exact) mass is 275 g/mol. The molecule has 1 aromatic carbocycles. The van der Waals surface area contributed by atoms with Crippen LogP contribution in [0.1, 0.15) is 57.1 Å². The van der Waals surface area contributed by atoms with E-state index in [0.29, 0.717) is 11.8 Å².